The van der Waals surface area contributed by atoms with Gasteiger partial charge in [0.15, 0.2) is 0 Å². The van der Waals surface area contributed by atoms with E-state index in [4.69, 9.17) is 5.10 Å². The first kappa shape index (κ1) is 17.6. The summed E-state index contributed by atoms with van der Waals surface area (Å²) in [6.45, 7) is 5.17. The van der Waals surface area contributed by atoms with Gasteiger partial charge in [-0.15, -0.1) is 13.2 Å². The van der Waals surface area contributed by atoms with E-state index in [2.05, 4.69) is 23.9 Å². The lowest BCUT2D eigenvalue weighted by molar-refractivity contribution is -0.274. The number of aromatic nitrogens is 2. The first-order valence-electron chi connectivity index (χ1n) is 8.54. The molecule has 0 atom stereocenters. The molecule has 25 heavy (non-hydrogen) atoms. The van der Waals surface area contributed by atoms with Crippen molar-refractivity contribution in [3.8, 4) is 11.4 Å². The van der Waals surface area contributed by atoms with E-state index in [0.29, 0.717) is 5.92 Å². The average molecular weight is 353 g/mol. The summed E-state index contributed by atoms with van der Waals surface area (Å²) in [5.41, 5.74) is 3.01. The average Bonchev–Trinajstić information content (AvgIpc) is 2.70. The Morgan fingerprint density at radius 1 is 1.20 bits per heavy atom. The topological polar surface area (TPSA) is 39.1 Å². The highest BCUT2D eigenvalue weighted by molar-refractivity contribution is 5.55. The van der Waals surface area contributed by atoms with E-state index in [9.17, 15) is 13.2 Å². The molecule has 0 radical (unpaired) electrons. The van der Waals surface area contributed by atoms with Gasteiger partial charge >= 0.3 is 6.36 Å². The molecule has 3 rings (SSSR count). The summed E-state index contributed by atoms with van der Waals surface area (Å²) in [6, 6.07) is 5.82. The van der Waals surface area contributed by atoms with Gasteiger partial charge in [-0.25, -0.2) is 4.68 Å². The molecule has 136 valence electrons. The number of nitrogens with one attached hydrogen (secondary N) is 1. The normalized spacial score (nSPS) is 14.8. The molecule has 1 aliphatic heterocycles. The van der Waals surface area contributed by atoms with E-state index in [1.54, 1.807) is 16.8 Å². The molecule has 0 saturated carbocycles. The van der Waals surface area contributed by atoms with Gasteiger partial charge in [0.2, 0.25) is 0 Å². The van der Waals surface area contributed by atoms with Crippen LogP contribution in [-0.2, 0) is 12.8 Å². The number of nitrogens with zero attached hydrogens (tertiary/aromatic N) is 2. The van der Waals surface area contributed by atoms with Crippen molar-refractivity contribution >= 4 is 5.82 Å². The Morgan fingerprint density at radius 2 is 1.92 bits per heavy atom. The standard InChI is InChI=1S/C18H22F3N3O/c1-12(2)11-16-15-5-3-4-10-22-17(15)24(23-16)13-6-8-14(9-7-13)25-18(19,20)21/h6-9,12,22H,3-5,10-11H2,1-2H3. The highest BCUT2D eigenvalue weighted by Gasteiger charge is 2.31. The summed E-state index contributed by atoms with van der Waals surface area (Å²) in [5.74, 6) is 1.21. The van der Waals surface area contributed by atoms with Crippen LogP contribution in [-0.4, -0.2) is 22.7 Å². The second kappa shape index (κ2) is 6.98. The molecule has 1 aromatic carbocycles. The highest BCUT2D eigenvalue weighted by atomic mass is 19.4. The van der Waals surface area contributed by atoms with Crippen molar-refractivity contribution in [1.82, 2.24) is 9.78 Å². The summed E-state index contributed by atoms with van der Waals surface area (Å²) in [5, 5.41) is 8.17. The number of rotatable bonds is 4. The van der Waals surface area contributed by atoms with Crippen LogP contribution in [0.4, 0.5) is 19.0 Å². The SMILES string of the molecule is CC(C)Cc1nn(-c2ccc(OC(F)(F)F)cc2)c2c1CCCCN2. The number of ether oxygens (including phenoxy) is 1. The number of hydrogen-bond acceptors (Lipinski definition) is 3. The third kappa shape index (κ3) is 4.27. The summed E-state index contributed by atoms with van der Waals surface area (Å²) in [7, 11) is 0. The zero-order valence-electron chi connectivity index (χ0n) is 14.4. The Kier molecular flexibility index (Phi) is 4.92. The van der Waals surface area contributed by atoms with Crippen molar-refractivity contribution in [2.45, 2.75) is 45.9 Å². The van der Waals surface area contributed by atoms with Crippen LogP contribution < -0.4 is 10.1 Å². The largest absolute Gasteiger partial charge is 0.573 e. The maximum atomic E-state index is 12.3. The van der Waals surface area contributed by atoms with E-state index in [-0.39, 0.29) is 5.75 Å². The smallest absolute Gasteiger partial charge is 0.406 e. The lowest BCUT2D eigenvalue weighted by atomic mass is 10.0. The zero-order valence-corrected chi connectivity index (χ0v) is 14.4. The Hall–Kier alpha value is -2.18. The molecule has 4 nitrogen and oxygen atoms in total. The molecule has 0 amide bonds. The van der Waals surface area contributed by atoms with Gasteiger partial charge < -0.3 is 10.1 Å². The molecular weight excluding hydrogens is 331 g/mol. The second-order valence-electron chi connectivity index (χ2n) is 6.71. The van der Waals surface area contributed by atoms with Gasteiger partial charge in [0.25, 0.3) is 0 Å². The Balaban J connectivity index is 1.94. The van der Waals surface area contributed by atoms with Gasteiger partial charge in [-0.05, 0) is 55.9 Å². The first-order chi connectivity index (χ1) is 11.8. The molecule has 1 aliphatic rings. The minimum Gasteiger partial charge on any atom is -0.406 e. The van der Waals surface area contributed by atoms with E-state index < -0.39 is 6.36 Å². The molecule has 7 heteroatoms. The second-order valence-corrected chi connectivity index (χ2v) is 6.71. The van der Waals surface area contributed by atoms with Crippen LogP contribution in [0.5, 0.6) is 5.75 Å². The number of hydrogen-bond donors (Lipinski definition) is 1. The van der Waals surface area contributed by atoms with Gasteiger partial charge in [-0.3, -0.25) is 0 Å². The number of benzene rings is 1. The van der Waals surface area contributed by atoms with Crippen LogP contribution in [0.3, 0.4) is 0 Å². The highest BCUT2D eigenvalue weighted by Crippen LogP contribution is 2.30. The maximum Gasteiger partial charge on any atom is 0.573 e. The van der Waals surface area contributed by atoms with E-state index in [1.807, 2.05) is 0 Å². The zero-order chi connectivity index (χ0) is 18.0. The van der Waals surface area contributed by atoms with Crippen molar-refractivity contribution in [3.63, 3.8) is 0 Å². The molecular formula is C18H22F3N3O. The number of halogens is 3. The number of alkyl halides is 3. The molecule has 2 aromatic rings. The number of fused-ring (bicyclic) bond motifs is 1. The Labute approximate surface area is 145 Å². The van der Waals surface area contributed by atoms with Gasteiger partial charge in [-0.2, -0.15) is 5.10 Å². The van der Waals surface area contributed by atoms with Crippen LogP contribution in [0, 0.1) is 5.92 Å². The minimum atomic E-state index is -4.68. The van der Waals surface area contributed by atoms with Crippen LogP contribution in [0.2, 0.25) is 0 Å². The molecule has 0 unspecified atom stereocenters. The molecule has 0 spiro atoms. The molecule has 1 N–H and O–H groups in total. The fourth-order valence-electron chi connectivity index (χ4n) is 3.10. The summed E-state index contributed by atoms with van der Waals surface area (Å²) < 4.78 is 42.7. The quantitative estimate of drug-likeness (QED) is 0.865. The van der Waals surface area contributed by atoms with Crippen molar-refractivity contribution < 1.29 is 17.9 Å². The first-order valence-corrected chi connectivity index (χ1v) is 8.54. The van der Waals surface area contributed by atoms with Crippen LogP contribution in [0.25, 0.3) is 5.69 Å². The van der Waals surface area contributed by atoms with Crippen LogP contribution in [0.15, 0.2) is 24.3 Å². The minimum absolute atomic E-state index is 0.232. The van der Waals surface area contributed by atoms with Crippen molar-refractivity contribution in [2.24, 2.45) is 5.92 Å². The predicted octanol–water partition coefficient (Wildman–Crippen LogP) is 4.72. The lowest BCUT2D eigenvalue weighted by Gasteiger charge is -2.11. The third-order valence-electron chi connectivity index (χ3n) is 4.13. The van der Waals surface area contributed by atoms with E-state index in [0.717, 1.165) is 49.4 Å². The molecule has 0 saturated heterocycles. The Morgan fingerprint density at radius 3 is 2.56 bits per heavy atom. The molecule has 0 fully saturated rings. The van der Waals surface area contributed by atoms with E-state index in [1.165, 1.54) is 17.7 Å². The maximum absolute atomic E-state index is 12.3. The fourth-order valence-corrected chi connectivity index (χ4v) is 3.10. The van der Waals surface area contributed by atoms with Gasteiger partial charge in [0, 0.05) is 12.1 Å². The third-order valence-corrected chi connectivity index (χ3v) is 4.13. The van der Waals surface area contributed by atoms with Crippen molar-refractivity contribution in [2.75, 3.05) is 11.9 Å². The fraction of sp³-hybridized carbons (Fsp3) is 0.500. The predicted molar refractivity (Wildman–Crippen MR) is 90.2 cm³/mol. The van der Waals surface area contributed by atoms with Crippen LogP contribution >= 0.6 is 0 Å². The lowest BCUT2D eigenvalue weighted by Crippen LogP contribution is -2.17. The molecule has 0 aliphatic carbocycles. The van der Waals surface area contributed by atoms with Gasteiger partial charge in [-0.1, -0.05) is 13.8 Å². The monoisotopic (exact) mass is 353 g/mol. The summed E-state index contributed by atoms with van der Waals surface area (Å²) >= 11 is 0. The van der Waals surface area contributed by atoms with Crippen LogP contribution in [0.1, 0.15) is 37.9 Å². The Bertz CT molecular complexity index is 720. The summed E-state index contributed by atoms with van der Waals surface area (Å²) in [6.07, 6.45) is -0.633. The van der Waals surface area contributed by atoms with Crippen molar-refractivity contribution in [1.29, 1.82) is 0 Å². The van der Waals surface area contributed by atoms with E-state index >= 15 is 0 Å². The van der Waals surface area contributed by atoms with Gasteiger partial charge in [0.1, 0.15) is 11.6 Å². The summed E-state index contributed by atoms with van der Waals surface area (Å²) in [4.78, 5) is 0. The van der Waals surface area contributed by atoms with Crippen molar-refractivity contribution in [3.05, 3.63) is 35.5 Å². The molecule has 1 aromatic heterocycles. The number of anilines is 1. The molecule has 0 bridgehead atoms. The van der Waals surface area contributed by atoms with Gasteiger partial charge in [0.05, 0.1) is 11.4 Å². The molecule has 2 heterocycles.